The smallest absolute Gasteiger partial charge is 0.259 e. The Morgan fingerprint density at radius 2 is 1.72 bits per heavy atom. The minimum Gasteiger partial charge on any atom is -0.497 e. The zero-order valence-electron chi connectivity index (χ0n) is 34.8. The molecule has 4 amide bonds. The van der Waals surface area contributed by atoms with E-state index in [9.17, 15) is 22.8 Å². The van der Waals surface area contributed by atoms with Gasteiger partial charge in [0.2, 0.25) is 27.7 Å². The summed E-state index contributed by atoms with van der Waals surface area (Å²) in [4.78, 5) is 66.1. The molecule has 7 atom stereocenters. The highest BCUT2D eigenvalue weighted by Crippen LogP contribution is 2.46. The van der Waals surface area contributed by atoms with Gasteiger partial charge in [-0.25, -0.2) is 13.4 Å². The van der Waals surface area contributed by atoms with Crippen LogP contribution < -0.4 is 19.5 Å². The van der Waals surface area contributed by atoms with Gasteiger partial charge in [-0.3, -0.25) is 23.9 Å². The molecule has 3 aromatic rings. The van der Waals surface area contributed by atoms with Gasteiger partial charge < -0.3 is 24.6 Å². The van der Waals surface area contributed by atoms with E-state index in [0.29, 0.717) is 42.0 Å². The number of piperidine rings is 1. The van der Waals surface area contributed by atoms with Crippen molar-refractivity contribution in [1.82, 2.24) is 24.8 Å². The fourth-order valence-corrected chi connectivity index (χ4v) is 10.9. The average Bonchev–Trinajstić information content (AvgIpc) is 4.16. The first-order chi connectivity index (χ1) is 28.9. The molecule has 8 rings (SSSR count). The number of allylic oxidation sites excluding steroid dienone is 1. The monoisotopic (exact) mass is 839 g/mol. The van der Waals surface area contributed by atoms with Gasteiger partial charge in [0.05, 0.1) is 30.1 Å². The second kappa shape index (κ2) is 17.2. The van der Waals surface area contributed by atoms with Crippen molar-refractivity contribution in [2.75, 3.05) is 13.7 Å². The lowest BCUT2D eigenvalue weighted by Gasteiger charge is -2.40. The summed E-state index contributed by atoms with van der Waals surface area (Å²) in [5, 5.41) is 3.08. The van der Waals surface area contributed by atoms with Gasteiger partial charge in [0.25, 0.3) is 5.91 Å². The fourth-order valence-electron chi connectivity index (χ4n) is 9.55. The summed E-state index contributed by atoms with van der Waals surface area (Å²) in [5.74, 6) is -1.59. The van der Waals surface area contributed by atoms with Gasteiger partial charge in [-0.1, -0.05) is 55.3 Å². The third-order valence-electron chi connectivity index (χ3n) is 13.2. The highest BCUT2D eigenvalue weighted by molar-refractivity contribution is 7.91. The summed E-state index contributed by atoms with van der Waals surface area (Å²) in [6.45, 7) is 4.20. The van der Waals surface area contributed by atoms with Crippen molar-refractivity contribution in [2.45, 2.75) is 132 Å². The molecular formula is C46H57N5O8S. The number of carbonyl (C=O) groups excluding carboxylic acids is 4. The van der Waals surface area contributed by atoms with Crippen molar-refractivity contribution < 1.29 is 37.1 Å². The number of pyridine rings is 1. The highest BCUT2D eigenvalue weighted by atomic mass is 32.2. The molecule has 320 valence electrons. The number of methoxy groups -OCH3 is 1. The zero-order valence-corrected chi connectivity index (χ0v) is 35.6. The molecule has 2 aromatic carbocycles. The number of rotatable bonds is 9. The molecular weight excluding hydrogens is 783 g/mol. The largest absolute Gasteiger partial charge is 0.497 e. The summed E-state index contributed by atoms with van der Waals surface area (Å²) in [6, 6.07) is 16.2. The predicted molar refractivity (Wildman–Crippen MR) is 227 cm³/mol. The van der Waals surface area contributed by atoms with Crippen LogP contribution in [0.3, 0.4) is 0 Å². The normalized spacial score (nSPS) is 28.8. The van der Waals surface area contributed by atoms with Gasteiger partial charge in [0, 0.05) is 59.8 Å². The zero-order chi connectivity index (χ0) is 42.2. The van der Waals surface area contributed by atoms with Crippen molar-refractivity contribution in [3.8, 4) is 22.8 Å². The van der Waals surface area contributed by atoms with E-state index in [1.54, 1.807) is 12.0 Å². The lowest BCUT2D eigenvalue weighted by Crippen LogP contribution is -2.57. The van der Waals surface area contributed by atoms with Crippen molar-refractivity contribution in [1.29, 1.82) is 0 Å². The number of ether oxygens (including phenoxy) is 2. The Bertz CT molecular complexity index is 2250. The number of carbonyl (C=O) groups is 4. The fraction of sp³-hybridized carbons (Fsp3) is 0.543. The molecule has 2 saturated heterocycles. The first-order valence-electron chi connectivity index (χ1n) is 21.7. The molecule has 2 saturated carbocycles. The summed E-state index contributed by atoms with van der Waals surface area (Å²) in [6.07, 6.45) is 11.1. The van der Waals surface area contributed by atoms with E-state index in [0.717, 1.165) is 55.9 Å². The third kappa shape index (κ3) is 8.75. The van der Waals surface area contributed by atoms with E-state index in [1.165, 1.54) is 0 Å². The molecule has 3 aliphatic heterocycles. The molecule has 14 heteroatoms. The van der Waals surface area contributed by atoms with E-state index < -0.39 is 56.6 Å². The van der Waals surface area contributed by atoms with Crippen LogP contribution in [0.1, 0.15) is 97.3 Å². The molecule has 4 fully saturated rings. The number of hydrogen-bond acceptors (Lipinski definition) is 9. The number of amides is 4. The number of fused-ring (bicyclic) bond motifs is 3. The Morgan fingerprint density at radius 3 is 2.45 bits per heavy atom. The van der Waals surface area contributed by atoms with Crippen LogP contribution in [0, 0.1) is 11.8 Å². The lowest BCUT2D eigenvalue weighted by atomic mass is 9.92. The molecule has 1 aromatic heterocycles. The van der Waals surface area contributed by atoms with Crippen molar-refractivity contribution in [3.63, 3.8) is 0 Å². The van der Waals surface area contributed by atoms with E-state index >= 15 is 4.79 Å². The summed E-state index contributed by atoms with van der Waals surface area (Å²) < 4.78 is 40.6. The molecule has 2 unspecified atom stereocenters. The first kappa shape index (κ1) is 41.7. The van der Waals surface area contributed by atoms with E-state index in [-0.39, 0.29) is 49.7 Å². The molecule has 60 heavy (non-hydrogen) atoms. The van der Waals surface area contributed by atoms with Crippen LogP contribution in [0.25, 0.3) is 22.2 Å². The van der Waals surface area contributed by atoms with Crippen LogP contribution in [0.4, 0.5) is 0 Å². The maximum atomic E-state index is 15.0. The Hall–Kier alpha value is -4.98. The molecule has 2 N–H and O–H groups in total. The van der Waals surface area contributed by atoms with Gasteiger partial charge in [-0.15, -0.1) is 0 Å². The molecule has 13 nitrogen and oxygen atoms in total. The predicted octanol–water partition coefficient (Wildman–Crippen LogP) is 6.06. The molecule has 5 aliphatic rings. The molecule has 0 radical (unpaired) electrons. The second-order valence-electron chi connectivity index (χ2n) is 17.6. The van der Waals surface area contributed by atoms with E-state index in [1.807, 2.05) is 71.6 Å². The molecule has 0 bridgehead atoms. The Balaban J connectivity index is 1.13. The lowest BCUT2D eigenvalue weighted by molar-refractivity contribution is -0.147. The van der Waals surface area contributed by atoms with Gasteiger partial charge >= 0.3 is 0 Å². The van der Waals surface area contributed by atoms with E-state index in [4.69, 9.17) is 14.5 Å². The SMILES string of the molecule is COc1ccc2c(O[C@@H]3C[C@H]4C(=O)N[C@]5(C(=O)NS(=O)(=O)C6CC6)C[C@H]5C=CCCCCC[C@H](CC(=O)N5C(C)CCCC5C)C(=O)N4C3)cc(-c3ccccc3)nc2c1. The van der Waals surface area contributed by atoms with Crippen molar-refractivity contribution in [3.05, 3.63) is 66.7 Å². The Morgan fingerprint density at radius 1 is 0.950 bits per heavy atom. The maximum Gasteiger partial charge on any atom is 0.259 e. The summed E-state index contributed by atoms with van der Waals surface area (Å²) in [7, 11) is -2.30. The van der Waals surface area contributed by atoms with E-state index in [2.05, 4.69) is 23.9 Å². The first-order valence-corrected chi connectivity index (χ1v) is 23.3. The van der Waals surface area contributed by atoms with Crippen LogP contribution in [-0.4, -0.2) is 95.5 Å². The maximum absolute atomic E-state index is 15.0. The number of nitrogens with one attached hydrogen (secondary N) is 2. The summed E-state index contributed by atoms with van der Waals surface area (Å²) >= 11 is 0. The van der Waals surface area contributed by atoms with Crippen molar-refractivity contribution >= 4 is 44.6 Å². The average molecular weight is 840 g/mol. The van der Waals surface area contributed by atoms with Gasteiger partial charge in [-0.2, -0.15) is 0 Å². The van der Waals surface area contributed by atoms with Crippen LogP contribution >= 0.6 is 0 Å². The number of aromatic nitrogens is 1. The quantitative estimate of drug-likeness (QED) is 0.244. The standard InChI is InChI=1S/C46H57N5O8S/c1-29-13-12-14-30(2)51(29)42(52)23-32-17-8-5-4-6-11-18-33-27-46(33,45(55)49-60(56,57)36-20-21-36)48-43(53)40-25-35(28-50(40)44(32)54)59-41-26-38(31-15-9-7-10-16-31)47-39-24-34(58-3)19-22-37(39)41/h7,9-11,15-16,18-19,22,24,26,29-30,32-33,35-36,40H,4-6,8,12-14,17,20-21,23,25,27-28H2,1-3H3,(H,48,53)(H,49,55)/t29?,30?,32-,33-,35-,40+,46-/m1/s1. The third-order valence-corrected chi connectivity index (χ3v) is 15.0. The minimum absolute atomic E-state index is 0.0362. The number of benzene rings is 2. The number of sulfonamides is 1. The van der Waals surface area contributed by atoms with Crippen LogP contribution in [-0.2, 0) is 29.2 Å². The molecule has 2 aliphatic carbocycles. The number of likely N-dealkylation sites (tertiary alicyclic amines) is 1. The Kier molecular flexibility index (Phi) is 12.0. The topological polar surface area (TPSA) is 164 Å². The van der Waals surface area contributed by atoms with Gasteiger partial charge in [0.15, 0.2) is 0 Å². The molecule has 0 spiro atoms. The number of hydrogen-bond donors (Lipinski definition) is 2. The van der Waals surface area contributed by atoms with Gasteiger partial charge in [0.1, 0.15) is 29.2 Å². The van der Waals surface area contributed by atoms with Crippen LogP contribution in [0.2, 0.25) is 0 Å². The Labute approximate surface area is 352 Å². The summed E-state index contributed by atoms with van der Waals surface area (Å²) in [5.41, 5.74) is 0.721. The highest BCUT2D eigenvalue weighted by Gasteiger charge is 2.62. The van der Waals surface area contributed by atoms with Crippen LogP contribution in [0.15, 0.2) is 66.7 Å². The number of nitrogens with zero attached hydrogens (tertiary/aromatic N) is 3. The second-order valence-corrected chi connectivity index (χ2v) is 19.5. The van der Waals surface area contributed by atoms with Gasteiger partial charge in [-0.05, 0) is 83.8 Å². The van der Waals surface area contributed by atoms with Crippen LogP contribution in [0.5, 0.6) is 11.5 Å². The van der Waals surface area contributed by atoms with Crippen molar-refractivity contribution in [2.24, 2.45) is 11.8 Å². The minimum atomic E-state index is -3.89. The molecule has 4 heterocycles.